The maximum Gasteiger partial charge on any atom is 0.407 e. The van der Waals surface area contributed by atoms with Gasteiger partial charge in [-0.2, -0.15) is 0 Å². The van der Waals surface area contributed by atoms with Crippen molar-refractivity contribution in [3.63, 3.8) is 0 Å². The number of hydrogen-bond donors (Lipinski definition) is 2. The van der Waals surface area contributed by atoms with E-state index in [1.807, 2.05) is 34.6 Å². The molecule has 2 atom stereocenters. The summed E-state index contributed by atoms with van der Waals surface area (Å²) in [5.41, 5.74) is 5.68. The molecule has 0 fully saturated rings. The van der Waals surface area contributed by atoms with Crippen molar-refractivity contribution in [1.29, 1.82) is 0 Å². The largest absolute Gasteiger partial charge is 0.444 e. The molecule has 0 aliphatic carbocycles. The van der Waals surface area contributed by atoms with E-state index < -0.39 is 24.0 Å². The number of ether oxygens (including phenoxy) is 3. The van der Waals surface area contributed by atoms with Gasteiger partial charge in [-0.1, -0.05) is 20.3 Å². The van der Waals surface area contributed by atoms with Gasteiger partial charge in [-0.15, -0.1) is 0 Å². The van der Waals surface area contributed by atoms with E-state index in [1.165, 1.54) is 0 Å². The van der Waals surface area contributed by atoms with E-state index in [4.69, 9.17) is 19.9 Å². The Morgan fingerprint density at radius 3 is 2.13 bits per heavy atom. The van der Waals surface area contributed by atoms with Crippen LogP contribution >= 0.6 is 0 Å². The van der Waals surface area contributed by atoms with Crippen LogP contribution in [-0.2, 0) is 19.0 Å². The van der Waals surface area contributed by atoms with Gasteiger partial charge in [0.25, 0.3) is 0 Å². The summed E-state index contributed by atoms with van der Waals surface area (Å²) in [7, 11) is 0. The van der Waals surface area contributed by atoms with Crippen molar-refractivity contribution in [2.45, 2.75) is 92.1 Å². The third-order valence-electron chi connectivity index (χ3n) is 4.54. The zero-order valence-electron chi connectivity index (χ0n) is 20.2. The minimum atomic E-state index is -0.584. The van der Waals surface area contributed by atoms with E-state index in [0.29, 0.717) is 45.2 Å². The van der Waals surface area contributed by atoms with E-state index in [0.717, 1.165) is 19.3 Å². The Morgan fingerprint density at radius 1 is 1.03 bits per heavy atom. The Kier molecular flexibility index (Phi) is 14.7. The summed E-state index contributed by atoms with van der Waals surface area (Å²) in [6, 6.07) is -0.584. The molecule has 0 unspecified atom stereocenters. The van der Waals surface area contributed by atoms with Crippen LogP contribution < -0.4 is 11.1 Å². The molecule has 178 valence electrons. The standard InChI is InChI=1S/C22H45N3O5/c1-8-17(4)15-25(16-19(28-9-2)29-10-3)20(26)18(23)13-11-12-14-24-21(27)30-22(5,6)7/h17-19H,8-16,23H2,1-7H3,(H,24,27)/t17-,18-/m0/s1. The van der Waals surface area contributed by atoms with Crippen LogP contribution in [0.15, 0.2) is 0 Å². The van der Waals surface area contributed by atoms with Crippen molar-refractivity contribution < 1.29 is 23.8 Å². The van der Waals surface area contributed by atoms with E-state index in [1.54, 1.807) is 4.90 Å². The van der Waals surface area contributed by atoms with Crippen LogP contribution in [0.25, 0.3) is 0 Å². The van der Waals surface area contributed by atoms with Crippen LogP contribution in [0.3, 0.4) is 0 Å². The molecule has 8 nitrogen and oxygen atoms in total. The number of nitrogens with zero attached hydrogens (tertiary/aromatic N) is 1. The van der Waals surface area contributed by atoms with Gasteiger partial charge in [-0.3, -0.25) is 4.79 Å². The number of carbonyl (C=O) groups is 2. The van der Waals surface area contributed by atoms with Gasteiger partial charge in [-0.25, -0.2) is 4.79 Å². The van der Waals surface area contributed by atoms with Crippen molar-refractivity contribution in [3.8, 4) is 0 Å². The fourth-order valence-electron chi connectivity index (χ4n) is 2.82. The highest BCUT2D eigenvalue weighted by Crippen LogP contribution is 2.11. The van der Waals surface area contributed by atoms with E-state index in [2.05, 4.69) is 19.2 Å². The molecule has 0 aliphatic rings. The SMILES string of the molecule is CCOC(CN(C[C@@H](C)CC)C(=O)[C@@H](N)CCCCNC(=O)OC(C)(C)C)OCC. The first kappa shape index (κ1) is 28.6. The number of amides is 2. The summed E-state index contributed by atoms with van der Waals surface area (Å²) in [6.07, 6.45) is 2.12. The molecule has 0 aromatic heterocycles. The second-order valence-electron chi connectivity index (χ2n) is 8.63. The number of unbranched alkanes of at least 4 members (excludes halogenated alkanes) is 1. The van der Waals surface area contributed by atoms with Crippen LogP contribution in [-0.4, -0.2) is 67.7 Å². The fourth-order valence-corrected chi connectivity index (χ4v) is 2.82. The van der Waals surface area contributed by atoms with Gasteiger partial charge in [0, 0.05) is 26.3 Å². The molecule has 0 radical (unpaired) electrons. The highest BCUT2D eigenvalue weighted by molar-refractivity contribution is 5.81. The van der Waals surface area contributed by atoms with Crippen molar-refractivity contribution in [2.75, 3.05) is 32.8 Å². The normalized spacial score (nSPS) is 13.8. The maximum absolute atomic E-state index is 13.0. The maximum atomic E-state index is 13.0. The summed E-state index contributed by atoms with van der Waals surface area (Å²) < 4.78 is 16.4. The summed E-state index contributed by atoms with van der Waals surface area (Å²) in [5, 5.41) is 2.72. The average molecular weight is 432 g/mol. The van der Waals surface area contributed by atoms with Gasteiger partial charge in [0.1, 0.15) is 5.60 Å². The first-order valence-electron chi connectivity index (χ1n) is 11.3. The lowest BCUT2D eigenvalue weighted by molar-refractivity contribution is -0.160. The quantitative estimate of drug-likeness (QED) is 0.305. The minimum absolute atomic E-state index is 0.0835. The van der Waals surface area contributed by atoms with Crippen LogP contribution in [0, 0.1) is 5.92 Å². The smallest absolute Gasteiger partial charge is 0.407 e. The number of rotatable bonds is 15. The van der Waals surface area contributed by atoms with E-state index in [9.17, 15) is 9.59 Å². The zero-order valence-corrected chi connectivity index (χ0v) is 20.2. The monoisotopic (exact) mass is 431 g/mol. The fraction of sp³-hybridized carbons (Fsp3) is 0.909. The lowest BCUT2D eigenvalue weighted by Crippen LogP contribution is -2.49. The highest BCUT2D eigenvalue weighted by atomic mass is 16.7. The Morgan fingerprint density at radius 2 is 1.63 bits per heavy atom. The topological polar surface area (TPSA) is 103 Å². The number of alkyl carbamates (subject to hydrolysis) is 1. The Hall–Kier alpha value is -1.38. The highest BCUT2D eigenvalue weighted by Gasteiger charge is 2.25. The molecule has 30 heavy (non-hydrogen) atoms. The molecular weight excluding hydrogens is 386 g/mol. The Labute approximate surface area is 183 Å². The van der Waals surface area contributed by atoms with Crippen LogP contribution in [0.2, 0.25) is 0 Å². The molecule has 3 N–H and O–H groups in total. The molecule has 0 saturated heterocycles. The van der Waals surface area contributed by atoms with Crippen LogP contribution in [0.1, 0.15) is 74.1 Å². The molecule has 0 heterocycles. The Bertz CT molecular complexity index is 476. The van der Waals surface area contributed by atoms with Gasteiger partial charge in [-0.05, 0) is 59.8 Å². The second-order valence-corrected chi connectivity index (χ2v) is 8.63. The molecule has 2 amide bonds. The summed E-state index contributed by atoms with van der Waals surface area (Å²) in [5.74, 6) is 0.280. The lowest BCUT2D eigenvalue weighted by atomic mass is 10.1. The predicted octanol–water partition coefficient (Wildman–Crippen LogP) is 3.28. The van der Waals surface area contributed by atoms with Crippen LogP contribution in [0.5, 0.6) is 0 Å². The van der Waals surface area contributed by atoms with Crippen LogP contribution in [0.4, 0.5) is 4.79 Å². The summed E-state index contributed by atoms with van der Waals surface area (Å²) >= 11 is 0. The third kappa shape index (κ3) is 13.8. The second kappa shape index (κ2) is 15.4. The summed E-state index contributed by atoms with van der Waals surface area (Å²) in [4.78, 5) is 26.4. The molecule has 0 rings (SSSR count). The van der Waals surface area contributed by atoms with Gasteiger partial charge in [0.15, 0.2) is 6.29 Å². The van der Waals surface area contributed by atoms with E-state index >= 15 is 0 Å². The van der Waals surface area contributed by atoms with E-state index in [-0.39, 0.29) is 5.91 Å². The molecule has 0 aliphatic heterocycles. The lowest BCUT2D eigenvalue weighted by Gasteiger charge is -2.31. The van der Waals surface area contributed by atoms with Gasteiger partial charge in [0.2, 0.25) is 5.91 Å². The van der Waals surface area contributed by atoms with Crippen molar-refractivity contribution in [3.05, 3.63) is 0 Å². The zero-order chi connectivity index (χ0) is 23.2. The van der Waals surface area contributed by atoms with Crippen molar-refractivity contribution >= 4 is 12.0 Å². The predicted molar refractivity (Wildman–Crippen MR) is 119 cm³/mol. The first-order valence-corrected chi connectivity index (χ1v) is 11.3. The number of nitrogens with one attached hydrogen (secondary N) is 1. The van der Waals surface area contributed by atoms with Gasteiger partial charge < -0.3 is 30.2 Å². The van der Waals surface area contributed by atoms with Crippen molar-refractivity contribution in [2.24, 2.45) is 11.7 Å². The molecule has 0 aromatic rings. The molecule has 8 heteroatoms. The average Bonchev–Trinajstić information content (AvgIpc) is 2.65. The van der Waals surface area contributed by atoms with Gasteiger partial charge >= 0.3 is 6.09 Å². The summed E-state index contributed by atoms with van der Waals surface area (Å²) in [6.45, 7) is 16.0. The molecule has 0 saturated carbocycles. The number of carbonyl (C=O) groups excluding carboxylic acids is 2. The molecule has 0 aromatic carbocycles. The first-order chi connectivity index (χ1) is 14.0. The van der Waals surface area contributed by atoms with Crippen molar-refractivity contribution in [1.82, 2.24) is 10.2 Å². The minimum Gasteiger partial charge on any atom is -0.444 e. The number of nitrogens with two attached hydrogens (primary N) is 1. The molecule has 0 spiro atoms. The third-order valence-corrected chi connectivity index (χ3v) is 4.54. The molecule has 0 bridgehead atoms. The molecular formula is C22H45N3O5. The number of hydrogen-bond acceptors (Lipinski definition) is 6. The Balaban J connectivity index is 4.58. The van der Waals surface area contributed by atoms with Gasteiger partial charge in [0.05, 0.1) is 12.6 Å².